The molecule has 1 atom stereocenters. The SMILES string of the molecule is CCP(C)(C)(C)OP(C)(=O)O.I. The van der Waals surface area contributed by atoms with Crippen LogP contribution in [-0.2, 0) is 8.88 Å². The Kier molecular flexibility index (Phi) is 5.55. The van der Waals surface area contributed by atoms with Gasteiger partial charge in [0, 0.05) is 0 Å². The van der Waals surface area contributed by atoms with Gasteiger partial charge in [0.2, 0.25) is 0 Å². The fourth-order valence-electron chi connectivity index (χ4n) is 0.619. The van der Waals surface area contributed by atoms with Crippen molar-refractivity contribution in [2.75, 3.05) is 32.8 Å². The second kappa shape index (κ2) is 4.22. The van der Waals surface area contributed by atoms with E-state index in [4.69, 9.17) is 9.20 Å². The van der Waals surface area contributed by atoms with E-state index in [0.717, 1.165) is 6.16 Å². The Morgan fingerprint density at radius 3 is 1.83 bits per heavy atom. The van der Waals surface area contributed by atoms with Crippen molar-refractivity contribution in [1.82, 2.24) is 0 Å². The maximum absolute atomic E-state index is 11.0. The van der Waals surface area contributed by atoms with Crippen LogP contribution in [0.15, 0.2) is 0 Å². The molecule has 0 amide bonds. The summed E-state index contributed by atoms with van der Waals surface area (Å²) in [5, 5.41) is 0. The molecule has 0 heterocycles. The van der Waals surface area contributed by atoms with Gasteiger partial charge in [-0.15, -0.1) is 24.0 Å². The van der Waals surface area contributed by atoms with Crippen LogP contribution in [-0.4, -0.2) is 37.7 Å². The molecule has 0 fully saturated rings. The van der Waals surface area contributed by atoms with E-state index in [2.05, 4.69) is 0 Å². The maximum Gasteiger partial charge on any atom is -0.107 e. The molecule has 0 aliphatic rings. The molecule has 0 aromatic heterocycles. The van der Waals surface area contributed by atoms with Crippen LogP contribution < -0.4 is 0 Å². The molecule has 78 valence electrons. The fraction of sp³-hybridized carbons (Fsp3) is 1.00. The monoisotopic (exact) mass is 328 g/mol. The van der Waals surface area contributed by atoms with Gasteiger partial charge in [-0.1, -0.05) is 0 Å². The van der Waals surface area contributed by atoms with Crippen molar-refractivity contribution in [2.45, 2.75) is 6.92 Å². The molecule has 12 heavy (non-hydrogen) atoms. The van der Waals surface area contributed by atoms with E-state index < -0.39 is 14.4 Å². The van der Waals surface area contributed by atoms with Crippen LogP contribution in [0.1, 0.15) is 6.92 Å². The van der Waals surface area contributed by atoms with Gasteiger partial charge in [0.05, 0.1) is 0 Å². The van der Waals surface area contributed by atoms with Crippen LogP contribution >= 0.6 is 38.4 Å². The first-order chi connectivity index (χ1) is 4.53. The first kappa shape index (κ1) is 15.8. The summed E-state index contributed by atoms with van der Waals surface area (Å²) in [4.78, 5) is 9.02. The molecular formula is C6H19IO3P2. The van der Waals surface area contributed by atoms with Gasteiger partial charge in [-0.2, -0.15) is 0 Å². The topological polar surface area (TPSA) is 46.5 Å². The smallest absolute Gasteiger partial charge is 0.107 e. The predicted molar refractivity (Wildman–Crippen MR) is 67.5 cm³/mol. The number of rotatable bonds is 3. The van der Waals surface area contributed by atoms with Gasteiger partial charge in [-0.25, -0.2) is 0 Å². The van der Waals surface area contributed by atoms with Crippen molar-refractivity contribution < 1.29 is 13.8 Å². The Balaban J connectivity index is 0. The Morgan fingerprint density at radius 1 is 1.42 bits per heavy atom. The molecule has 0 rings (SSSR count). The van der Waals surface area contributed by atoms with E-state index in [1.165, 1.54) is 6.66 Å². The number of hydrogen-bond acceptors (Lipinski definition) is 2. The van der Waals surface area contributed by atoms with Crippen LogP contribution in [0.25, 0.3) is 0 Å². The molecular weight excluding hydrogens is 309 g/mol. The Morgan fingerprint density at radius 2 is 1.75 bits per heavy atom. The number of hydrogen-bond donors (Lipinski definition) is 1. The second-order valence-electron chi connectivity index (χ2n) is 4.17. The van der Waals surface area contributed by atoms with Crippen LogP contribution in [0.2, 0.25) is 0 Å². The Hall–Kier alpha value is 1.31. The van der Waals surface area contributed by atoms with Crippen LogP contribution in [0, 0.1) is 0 Å². The summed E-state index contributed by atoms with van der Waals surface area (Å²) in [5.74, 6) is 0. The molecule has 0 saturated carbocycles. The van der Waals surface area contributed by atoms with Crippen molar-refractivity contribution in [2.24, 2.45) is 0 Å². The molecule has 0 bridgehead atoms. The molecule has 0 saturated heterocycles. The van der Waals surface area contributed by atoms with E-state index in [1.54, 1.807) is 0 Å². The summed E-state index contributed by atoms with van der Waals surface area (Å²) >= 11 is 0. The van der Waals surface area contributed by atoms with Gasteiger partial charge in [0.25, 0.3) is 0 Å². The minimum atomic E-state index is -3.31. The fourth-order valence-corrected chi connectivity index (χ4v) is 5.57. The Bertz CT molecular complexity index is 191. The molecule has 0 aromatic carbocycles. The van der Waals surface area contributed by atoms with E-state index in [-0.39, 0.29) is 24.0 Å². The zero-order valence-electron chi connectivity index (χ0n) is 8.27. The molecule has 0 radical (unpaired) electrons. The molecule has 0 aromatic rings. The normalized spacial score (nSPS) is 20.0. The average molecular weight is 328 g/mol. The summed E-state index contributed by atoms with van der Waals surface area (Å²) in [7, 11) is -3.31. The molecule has 0 spiro atoms. The summed E-state index contributed by atoms with van der Waals surface area (Å²) in [6.07, 6.45) is 0.823. The first-order valence-corrected chi connectivity index (χ1v) is 9.27. The standard InChI is InChI=1S/C6H18O3P2.HI/c1-6-11(3,4,5)9-10(2,7)8;/h6H2,1-5H3,(H,7,8);1H. The third kappa shape index (κ3) is 7.93. The molecule has 3 nitrogen and oxygen atoms in total. The van der Waals surface area contributed by atoms with E-state index in [0.29, 0.717) is 0 Å². The van der Waals surface area contributed by atoms with Crippen molar-refractivity contribution in [3.63, 3.8) is 0 Å². The van der Waals surface area contributed by atoms with Crippen LogP contribution in [0.4, 0.5) is 0 Å². The average Bonchev–Trinajstić information content (AvgIpc) is 1.57. The van der Waals surface area contributed by atoms with E-state index >= 15 is 0 Å². The third-order valence-electron chi connectivity index (χ3n) is 1.53. The molecule has 1 N–H and O–H groups in total. The number of halogens is 1. The van der Waals surface area contributed by atoms with Gasteiger partial charge < -0.3 is 0 Å². The zero-order valence-corrected chi connectivity index (χ0v) is 12.4. The second-order valence-corrected chi connectivity index (χ2v) is 13.0. The molecule has 0 aliphatic carbocycles. The van der Waals surface area contributed by atoms with Gasteiger partial charge >= 0.3 is 67.9 Å². The molecule has 6 heteroatoms. The summed E-state index contributed by atoms with van der Waals surface area (Å²) in [6, 6.07) is 0. The molecule has 0 aliphatic heterocycles. The van der Waals surface area contributed by atoms with Gasteiger partial charge in [0.15, 0.2) is 0 Å². The summed E-state index contributed by atoms with van der Waals surface area (Å²) in [6.45, 7) is 6.76. The van der Waals surface area contributed by atoms with E-state index in [9.17, 15) is 4.57 Å². The quantitative estimate of drug-likeness (QED) is 0.640. The Labute approximate surface area is 91.8 Å². The maximum atomic E-state index is 11.0. The van der Waals surface area contributed by atoms with Crippen molar-refractivity contribution in [1.29, 1.82) is 0 Å². The predicted octanol–water partition coefficient (Wildman–Crippen LogP) is 2.81. The summed E-state index contributed by atoms with van der Waals surface area (Å²) < 4.78 is 16.2. The largest absolute Gasteiger partial charge is 0.107 e. The van der Waals surface area contributed by atoms with Gasteiger partial charge in [-0.3, -0.25) is 0 Å². The zero-order chi connectivity index (χ0) is 9.36. The van der Waals surface area contributed by atoms with Crippen LogP contribution in [0.3, 0.4) is 0 Å². The molecule has 1 unspecified atom stereocenters. The minimum absolute atomic E-state index is 0. The van der Waals surface area contributed by atoms with Gasteiger partial charge in [-0.05, 0) is 0 Å². The van der Waals surface area contributed by atoms with Crippen molar-refractivity contribution in [3.8, 4) is 0 Å². The minimum Gasteiger partial charge on any atom is -0.107 e. The van der Waals surface area contributed by atoms with E-state index in [1.807, 2.05) is 26.9 Å². The van der Waals surface area contributed by atoms with Crippen molar-refractivity contribution >= 4 is 38.4 Å². The van der Waals surface area contributed by atoms with Crippen molar-refractivity contribution in [3.05, 3.63) is 0 Å². The van der Waals surface area contributed by atoms with Gasteiger partial charge in [0.1, 0.15) is 0 Å². The first-order valence-electron chi connectivity index (χ1n) is 3.56. The van der Waals surface area contributed by atoms with Crippen LogP contribution in [0.5, 0.6) is 0 Å². The summed E-state index contributed by atoms with van der Waals surface area (Å²) in [5.41, 5.74) is 0. The third-order valence-corrected chi connectivity index (χ3v) is 7.32.